The molecule has 0 spiro atoms. The van der Waals surface area contributed by atoms with Crippen LogP contribution in [0, 0.1) is 11.8 Å². The molecule has 1 N–H and O–H groups in total. The quantitative estimate of drug-likeness (QED) is 0.626. The molecule has 1 atom stereocenters. The smallest absolute Gasteiger partial charge is 0.182 e. The van der Waals surface area contributed by atoms with E-state index < -0.39 is 0 Å². The molecule has 1 unspecified atom stereocenters. The van der Waals surface area contributed by atoms with Crippen molar-refractivity contribution in [1.29, 1.82) is 0 Å². The number of allylic oxidation sites excluding steroid dienone is 1. The molecule has 11 heavy (non-hydrogen) atoms. The van der Waals surface area contributed by atoms with Crippen LogP contribution < -0.4 is 0 Å². The first-order valence-corrected chi connectivity index (χ1v) is 4.23. The second kappa shape index (κ2) is 3.16. The highest BCUT2D eigenvalue weighted by molar-refractivity contribution is 4.99. The average molecular weight is 155 g/mol. The van der Waals surface area contributed by atoms with E-state index in [4.69, 9.17) is 0 Å². The van der Waals surface area contributed by atoms with Crippen molar-refractivity contribution < 1.29 is 5.11 Å². The minimum absolute atomic E-state index is 0.440. The molecule has 2 nitrogen and oxygen atoms in total. The lowest BCUT2D eigenvalue weighted by Gasteiger charge is -2.28. The van der Waals surface area contributed by atoms with Gasteiger partial charge in [-0.3, -0.25) is 0 Å². The van der Waals surface area contributed by atoms with Crippen molar-refractivity contribution >= 4 is 0 Å². The van der Waals surface area contributed by atoms with Crippen LogP contribution in [0.25, 0.3) is 0 Å². The maximum atomic E-state index is 9.38. The lowest BCUT2D eigenvalue weighted by molar-refractivity contribution is 0.189. The van der Waals surface area contributed by atoms with E-state index in [1.807, 2.05) is 18.0 Å². The zero-order valence-corrected chi connectivity index (χ0v) is 7.54. The Labute approximate surface area is 68.5 Å². The van der Waals surface area contributed by atoms with Crippen LogP contribution in [-0.2, 0) is 0 Å². The fourth-order valence-corrected chi connectivity index (χ4v) is 1.39. The van der Waals surface area contributed by atoms with Crippen LogP contribution in [-0.4, -0.2) is 23.6 Å². The van der Waals surface area contributed by atoms with Gasteiger partial charge in [0.1, 0.15) is 0 Å². The van der Waals surface area contributed by atoms with E-state index in [0.717, 1.165) is 13.0 Å². The van der Waals surface area contributed by atoms with Gasteiger partial charge in [0.05, 0.1) is 0 Å². The second-order valence-electron chi connectivity index (χ2n) is 3.64. The molecule has 0 aromatic carbocycles. The van der Waals surface area contributed by atoms with Crippen LogP contribution >= 0.6 is 0 Å². The summed E-state index contributed by atoms with van der Waals surface area (Å²) in [5.41, 5.74) is 0. The fourth-order valence-electron chi connectivity index (χ4n) is 1.39. The fraction of sp³-hybridized carbons (Fsp3) is 0.778. The van der Waals surface area contributed by atoms with Gasteiger partial charge >= 0.3 is 0 Å². The van der Waals surface area contributed by atoms with Gasteiger partial charge < -0.3 is 10.0 Å². The van der Waals surface area contributed by atoms with Gasteiger partial charge in [-0.25, -0.2) is 0 Å². The van der Waals surface area contributed by atoms with Gasteiger partial charge in [-0.15, -0.1) is 0 Å². The Morgan fingerprint density at radius 2 is 2.27 bits per heavy atom. The van der Waals surface area contributed by atoms with E-state index in [1.165, 1.54) is 0 Å². The van der Waals surface area contributed by atoms with E-state index >= 15 is 0 Å². The molecule has 0 fully saturated rings. The van der Waals surface area contributed by atoms with Crippen LogP contribution in [0.2, 0.25) is 0 Å². The van der Waals surface area contributed by atoms with E-state index in [2.05, 4.69) is 13.8 Å². The lowest BCUT2D eigenvalue weighted by Crippen LogP contribution is -2.27. The summed E-state index contributed by atoms with van der Waals surface area (Å²) in [4.78, 5) is 1.89. The van der Waals surface area contributed by atoms with Crippen molar-refractivity contribution in [1.82, 2.24) is 4.90 Å². The molecule has 0 saturated carbocycles. The minimum atomic E-state index is 0.440. The zero-order valence-electron chi connectivity index (χ0n) is 7.54. The van der Waals surface area contributed by atoms with Crippen molar-refractivity contribution in [2.45, 2.75) is 20.3 Å². The van der Waals surface area contributed by atoms with E-state index in [0.29, 0.717) is 17.7 Å². The standard InChI is InChI=1S/C9H17NO/c1-7(2)8-4-5-10(3)9(11)6-8/h6-8,11H,4-5H2,1-3H3. The summed E-state index contributed by atoms with van der Waals surface area (Å²) in [6.07, 6.45) is 3.13. The predicted octanol–water partition coefficient (Wildman–Crippen LogP) is 1.99. The molecule has 1 aliphatic heterocycles. The van der Waals surface area contributed by atoms with Crippen LogP contribution in [0.1, 0.15) is 20.3 Å². The predicted molar refractivity (Wildman–Crippen MR) is 46.3 cm³/mol. The molecule has 0 aromatic heterocycles. The number of aliphatic hydroxyl groups excluding tert-OH is 1. The molecule has 0 aromatic rings. The average Bonchev–Trinajstić information content (AvgIpc) is 1.94. The van der Waals surface area contributed by atoms with E-state index in [-0.39, 0.29) is 0 Å². The van der Waals surface area contributed by atoms with Gasteiger partial charge in [-0.05, 0) is 24.3 Å². The van der Waals surface area contributed by atoms with Gasteiger partial charge in [0.2, 0.25) is 0 Å². The summed E-state index contributed by atoms with van der Waals surface area (Å²) in [5.74, 6) is 1.65. The topological polar surface area (TPSA) is 23.5 Å². The van der Waals surface area contributed by atoms with Crippen LogP contribution in [0.4, 0.5) is 0 Å². The number of hydrogen-bond donors (Lipinski definition) is 1. The number of nitrogens with zero attached hydrogens (tertiary/aromatic N) is 1. The molecule has 0 aliphatic carbocycles. The largest absolute Gasteiger partial charge is 0.495 e. The number of hydrogen-bond acceptors (Lipinski definition) is 2. The maximum absolute atomic E-state index is 9.38. The zero-order chi connectivity index (χ0) is 8.43. The van der Waals surface area contributed by atoms with Gasteiger partial charge in [-0.1, -0.05) is 13.8 Å². The molecule has 2 heteroatoms. The van der Waals surface area contributed by atoms with Crippen LogP contribution in [0.5, 0.6) is 0 Å². The lowest BCUT2D eigenvalue weighted by atomic mass is 9.90. The molecule has 1 aliphatic rings. The summed E-state index contributed by atoms with van der Waals surface area (Å²) >= 11 is 0. The molecule has 1 rings (SSSR count). The highest BCUT2D eigenvalue weighted by Crippen LogP contribution is 2.23. The third-order valence-corrected chi connectivity index (χ3v) is 2.41. The normalized spacial score (nSPS) is 25.6. The first kappa shape index (κ1) is 8.44. The molecule has 0 bridgehead atoms. The van der Waals surface area contributed by atoms with Crippen molar-refractivity contribution in [2.75, 3.05) is 13.6 Å². The summed E-state index contributed by atoms with van der Waals surface area (Å²) in [6.45, 7) is 5.37. The molecule has 0 radical (unpaired) electrons. The van der Waals surface area contributed by atoms with Crippen LogP contribution in [0.3, 0.4) is 0 Å². The van der Waals surface area contributed by atoms with Gasteiger partial charge in [0.25, 0.3) is 0 Å². The highest BCUT2D eigenvalue weighted by atomic mass is 16.3. The first-order valence-electron chi connectivity index (χ1n) is 4.23. The van der Waals surface area contributed by atoms with Gasteiger partial charge in [0.15, 0.2) is 5.88 Å². The Bertz CT molecular complexity index is 163. The molecule has 0 saturated heterocycles. The molecular formula is C9H17NO. The summed E-state index contributed by atoms with van der Waals surface area (Å²) in [6, 6.07) is 0. The van der Waals surface area contributed by atoms with Crippen molar-refractivity contribution in [3.05, 3.63) is 12.0 Å². The van der Waals surface area contributed by atoms with Crippen molar-refractivity contribution in [3.8, 4) is 0 Å². The third-order valence-electron chi connectivity index (χ3n) is 2.41. The monoisotopic (exact) mass is 155 g/mol. The third kappa shape index (κ3) is 1.88. The minimum Gasteiger partial charge on any atom is -0.495 e. The second-order valence-corrected chi connectivity index (χ2v) is 3.64. The number of aliphatic hydroxyl groups is 1. The Morgan fingerprint density at radius 1 is 1.64 bits per heavy atom. The molecule has 1 heterocycles. The van der Waals surface area contributed by atoms with Gasteiger partial charge in [0, 0.05) is 13.6 Å². The number of rotatable bonds is 1. The Balaban J connectivity index is 2.62. The Morgan fingerprint density at radius 3 is 2.73 bits per heavy atom. The first-order chi connectivity index (χ1) is 5.11. The van der Waals surface area contributed by atoms with E-state index in [1.54, 1.807) is 0 Å². The highest BCUT2D eigenvalue weighted by Gasteiger charge is 2.18. The molecule has 0 amide bonds. The Kier molecular flexibility index (Phi) is 2.42. The van der Waals surface area contributed by atoms with E-state index in [9.17, 15) is 5.11 Å². The van der Waals surface area contributed by atoms with Crippen molar-refractivity contribution in [3.63, 3.8) is 0 Å². The van der Waals surface area contributed by atoms with Crippen molar-refractivity contribution in [2.24, 2.45) is 11.8 Å². The summed E-state index contributed by atoms with van der Waals surface area (Å²) in [7, 11) is 1.92. The van der Waals surface area contributed by atoms with Crippen LogP contribution in [0.15, 0.2) is 12.0 Å². The SMILES string of the molecule is CC(C)C1C=C(O)N(C)CC1. The molecular weight excluding hydrogens is 138 g/mol. The Hall–Kier alpha value is -0.660. The maximum Gasteiger partial charge on any atom is 0.182 e. The summed E-state index contributed by atoms with van der Waals surface area (Å²) < 4.78 is 0. The van der Waals surface area contributed by atoms with Gasteiger partial charge in [-0.2, -0.15) is 0 Å². The summed E-state index contributed by atoms with van der Waals surface area (Å²) in [5, 5.41) is 9.38. The molecule has 64 valence electrons.